The van der Waals surface area contributed by atoms with Crippen LogP contribution in [0.15, 0.2) is 24.3 Å². The fourth-order valence-corrected chi connectivity index (χ4v) is 2.14. The van der Waals surface area contributed by atoms with E-state index in [0.29, 0.717) is 6.04 Å². The van der Waals surface area contributed by atoms with Gasteiger partial charge in [0.15, 0.2) is 0 Å². The van der Waals surface area contributed by atoms with Crippen molar-refractivity contribution in [3.05, 3.63) is 24.3 Å². The lowest BCUT2D eigenvalue weighted by Crippen LogP contribution is -2.30. The molecule has 1 unspecified atom stereocenters. The fraction of sp³-hybridized carbons (Fsp3) is 0.692. The molecule has 80 valence electrons. The van der Waals surface area contributed by atoms with E-state index in [1.807, 2.05) is 6.08 Å². The molecule has 0 aromatic carbocycles. The zero-order valence-corrected chi connectivity index (χ0v) is 9.39. The zero-order valence-electron chi connectivity index (χ0n) is 9.39. The lowest BCUT2D eigenvalue weighted by molar-refractivity contribution is 0.570. The predicted molar refractivity (Wildman–Crippen MR) is 63.4 cm³/mol. The molecule has 1 aliphatic carbocycles. The molecule has 0 aromatic rings. The van der Waals surface area contributed by atoms with Crippen molar-refractivity contribution in [2.75, 3.05) is 6.54 Å². The largest absolute Gasteiger partial charge is 0.310 e. The van der Waals surface area contributed by atoms with Gasteiger partial charge in [-0.1, -0.05) is 31.1 Å². The second-order valence-electron chi connectivity index (χ2n) is 4.01. The maximum Gasteiger partial charge on any atom is 0.0313 e. The average molecular weight is 193 g/mol. The maximum atomic E-state index is 3.83. The summed E-state index contributed by atoms with van der Waals surface area (Å²) in [5, 5.41) is 3.54. The number of rotatable bonds is 5. The molecule has 0 saturated heterocycles. The Hall–Kier alpha value is -0.560. The van der Waals surface area contributed by atoms with Crippen LogP contribution >= 0.6 is 0 Å². The Balaban J connectivity index is 2.54. The Morgan fingerprint density at radius 1 is 1.50 bits per heavy atom. The first-order valence-corrected chi connectivity index (χ1v) is 5.91. The van der Waals surface area contributed by atoms with Gasteiger partial charge in [-0.15, -0.1) is 6.58 Å². The quantitative estimate of drug-likeness (QED) is 0.660. The molecule has 1 heteroatoms. The molecular formula is C13H23N. The summed E-state index contributed by atoms with van der Waals surface area (Å²) in [5.74, 6) is 0. The van der Waals surface area contributed by atoms with E-state index in [1.54, 1.807) is 5.57 Å². The molecule has 0 amide bonds. The predicted octanol–water partition coefficient (Wildman–Crippen LogP) is 3.43. The molecule has 1 rings (SSSR count). The van der Waals surface area contributed by atoms with E-state index < -0.39 is 0 Å². The van der Waals surface area contributed by atoms with Crippen LogP contribution in [0.3, 0.4) is 0 Å². The minimum absolute atomic E-state index is 0.551. The van der Waals surface area contributed by atoms with E-state index in [0.717, 1.165) is 13.0 Å². The van der Waals surface area contributed by atoms with E-state index in [9.17, 15) is 0 Å². The summed E-state index contributed by atoms with van der Waals surface area (Å²) < 4.78 is 0. The van der Waals surface area contributed by atoms with Gasteiger partial charge in [-0.3, -0.25) is 0 Å². The van der Waals surface area contributed by atoms with Crippen molar-refractivity contribution < 1.29 is 0 Å². The fourth-order valence-electron chi connectivity index (χ4n) is 2.14. The Morgan fingerprint density at radius 2 is 2.36 bits per heavy atom. The molecule has 14 heavy (non-hydrogen) atoms. The van der Waals surface area contributed by atoms with Crippen molar-refractivity contribution in [2.45, 2.75) is 51.5 Å². The first kappa shape index (κ1) is 11.5. The van der Waals surface area contributed by atoms with Gasteiger partial charge in [0, 0.05) is 6.04 Å². The van der Waals surface area contributed by atoms with Crippen LogP contribution in [0.4, 0.5) is 0 Å². The average Bonchev–Trinajstić information content (AvgIpc) is 2.45. The van der Waals surface area contributed by atoms with Gasteiger partial charge in [-0.25, -0.2) is 0 Å². The molecule has 0 heterocycles. The molecule has 0 aromatic heterocycles. The first-order chi connectivity index (χ1) is 6.88. The number of nitrogens with one attached hydrogen (secondary N) is 1. The van der Waals surface area contributed by atoms with Crippen LogP contribution in [-0.2, 0) is 0 Å². The van der Waals surface area contributed by atoms with Gasteiger partial charge in [-0.2, -0.15) is 0 Å². The summed E-state index contributed by atoms with van der Waals surface area (Å²) in [6.45, 7) is 7.06. The van der Waals surface area contributed by atoms with Crippen molar-refractivity contribution in [3.8, 4) is 0 Å². The van der Waals surface area contributed by atoms with Crippen molar-refractivity contribution in [1.82, 2.24) is 5.32 Å². The molecule has 1 atom stereocenters. The highest BCUT2D eigenvalue weighted by molar-refractivity contribution is 5.13. The van der Waals surface area contributed by atoms with E-state index in [-0.39, 0.29) is 0 Å². The lowest BCUT2D eigenvalue weighted by Gasteiger charge is -2.19. The molecule has 1 N–H and O–H groups in total. The van der Waals surface area contributed by atoms with Gasteiger partial charge in [-0.05, 0) is 38.6 Å². The molecule has 0 aliphatic heterocycles. The molecule has 0 saturated carbocycles. The Labute approximate surface area is 88.3 Å². The minimum Gasteiger partial charge on any atom is -0.310 e. The molecule has 0 bridgehead atoms. The van der Waals surface area contributed by atoms with Crippen molar-refractivity contribution in [2.24, 2.45) is 0 Å². The van der Waals surface area contributed by atoms with Crippen LogP contribution in [0, 0.1) is 0 Å². The number of allylic oxidation sites excluding steroid dienone is 1. The smallest absolute Gasteiger partial charge is 0.0313 e. The van der Waals surface area contributed by atoms with Crippen LogP contribution in [-0.4, -0.2) is 12.6 Å². The normalized spacial score (nSPS) is 19.6. The highest BCUT2D eigenvalue weighted by Gasteiger charge is 2.12. The van der Waals surface area contributed by atoms with E-state index in [1.165, 1.54) is 32.1 Å². The molecule has 0 spiro atoms. The van der Waals surface area contributed by atoms with E-state index in [4.69, 9.17) is 0 Å². The van der Waals surface area contributed by atoms with Crippen LogP contribution in [0.2, 0.25) is 0 Å². The molecule has 1 nitrogen and oxygen atoms in total. The SMILES string of the molecule is C=CCC(NCC)C1=CCCCCC1. The lowest BCUT2D eigenvalue weighted by atomic mass is 9.99. The van der Waals surface area contributed by atoms with E-state index in [2.05, 4.69) is 24.9 Å². The maximum absolute atomic E-state index is 3.83. The third-order valence-electron chi connectivity index (χ3n) is 2.88. The summed E-state index contributed by atoms with van der Waals surface area (Å²) in [4.78, 5) is 0. The summed E-state index contributed by atoms with van der Waals surface area (Å²) in [6, 6.07) is 0.551. The van der Waals surface area contributed by atoms with Crippen molar-refractivity contribution in [3.63, 3.8) is 0 Å². The second-order valence-corrected chi connectivity index (χ2v) is 4.01. The van der Waals surface area contributed by atoms with Crippen molar-refractivity contribution in [1.29, 1.82) is 0 Å². The standard InChI is InChI=1S/C13H23N/c1-3-9-13(14-4-2)12-10-7-5-6-8-11-12/h3,10,13-14H,1,4-9,11H2,2H3. The molecule has 1 aliphatic rings. The molecule has 0 fully saturated rings. The minimum atomic E-state index is 0.551. The van der Waals surface area contributed by atoms with Crippen molar-refractivity contribution >= 4 is 0 Å². The third kappa shape index (κ3) is 3.67. The van der Waals surface area contributed by atoms with Gasteiger partial charge in [0.05, 0.1) is 0 Å². The highest BCUT2D eigenvalue weighted by atomic mass is 14.9. The van der Waals surface area contributed by atoms with Crippen LogP contribution in [0.25, 0.3) is 0 Å². The Bertz CT molecular complexity index is 193. The van der Waals surface area contributed by atoms with E-state index >= 15 is 0 Å². The van der Waals surface area contributed by atoms with Crippen LogP contribution in [0.5, 0.6) is 0 Å². The van der Waals surface area contributed by atoms with Crippen LogP contribution < -0.4 is 5.32 Å². The summed E-state index contributed by atoms with van der Waals surface area (Å²) in [6.07, 6.45) is 12.2. The number of likely N-dealkylation sites (N-methyl/N-ethyl adjacent to an activating group) is 1. The summed E-state index contributed by atoms with van der Waals surface area (Å²) in [5.41, 5.74) is 1.62. The molecule has 0 radical (unpaired) electrons. The zero-order chi connectivity index (χ0) is 10.2. The monoisotopic (exact) mass is 193 g/mol. The summed E-state index contributed by atoms with van der Waals surface area (Å²) in [7, 11) is 0. The highest BCUT2D eigenvalue weighted by Crippen LogP contribution is 2.21. The number of hydrogen-bond acceptors (Lipinski definition) is 1. The third-order valence-corrected chi connectivity index (χ3v) is 2.88. The van der Waals surface area contributed by atoms with Crippen LogP contribution in [0.1, 0.15) is 45.4 Å². The summed E-state index contributed by atoms with van der Waals surface area (Å²) >= 11 is 0. The topological polar surface area (TPSA) is 12.0 Å². The van der Waals surface area contributed by atoms with Gasteiger partial charge in [0.25, 0.3) is 0 Å². The van der Waals surface area contributed by atoms with Gasteiger partial charge < -0.3 is 5.32 Å². The van der Waals surface area contributed by atoms with Gasteiger partial charge in [0.2, 0.25) is 0 Å². The first-order valence-electron chi connectivity index (χ1n) is 5.91. The second kappa shape index (κ2) is 6.83. The molecular weight excluding hydrogens is 170 g/mol. The van der Waals surface area contributed by atoms with Gasteiger partial charge >= 0.3 is 0 Å². The van der Waals surface area contributed by atoms with Gasteiger partial charge in [0.1, 0.15) is 0 Å². The Morgan fingerprint density at radius 3 is 3.07 bits per heavy atom. The Kier molecular flexibility index (Phi) is 5.62. The number of hydrogen-bond donors (Lipinski definition) is 1.